The van der Waals surface area contributed by atoms with Crippen molar-refractivity contribution in [1.29, 1.82) is 0 Å². The van der Waals surface area contributed by atoms with Crippen LogP contribution < -0.4 is 26.0 Å². The van der Waals surface area contributed by atoms with Crippen molar-refractivity contribution in [3.05, 3.63) is 86.7 Å². The smallest absolute Gasteiger partial charge is 0.325 e. The van der Waals surface area contributed by atoms with E-state index in [4.69, 9.17) is 9.47 Å². The summed E-state index contributed by atoms with van der Waals surface area (Å²) in [6.45, 7) is 0.913. The molecule has 3 heterocycles. The molecule has 1 amide bonds. The van der Waals surface area contributed by atoms with Gasteiger partial charge in [-0.15, -0.1) is 10.2 Å². The number of rotatable bonds is 7. The normalized spacial score (nSPS) is 12.4. The van der Waals surface area contributed by atoms with Crippen LogP contribution in [0.3, 0.4) is 0 Å². The summed E-state index contributed by atoms with van der Waals surface area (Å²) in [7, 11) is 0. The fourth-order valence-corrected chi connectivity index (χ4v) is 4.36. The summed E-state index contributed by atoms with van der Waals surface area (Å²) in [4.78, 5) is 40.6. The van der Waals surface area contributed by atoms with E-state index >= 15 is 0 Å². The zero-order chi connectivity index (χ0) is 25.1. The molecule has 5 rings (SSSR count). The first-order valence-electron chi connectivity index (χ1n) is 10.8. The van der Waals surface area contributed by atoms with Gasteiger partial charge in [0.1, 0.15) is 24.9 Å². The molecule has 36 heavy (non-hydrogen) atoms. The van der Waals surface area contributed by atoms with Gasteiger partial charge in [-0.1, -0.05) is 11.8 Å². The zero-order valence-electron chi connectivity index (χ0n) is 18.6. The molecule has 4 aromatic rings. The lowest BCUT2D eigenvalue weighted by atomic mass is 10.2. The number of aromatic nitrogens is 5. The number of hydrogen-bond acceptors (Lipinski definition) is 8. The van der Waals surface area contributed by atoms with E-state index < -0.39 is 17.1 Å². The van der Waals surface area contributed by atoms with Crippen LogP contribution in [-0.2, 0) is 11.2 Å². The highest BCUT2D eigenvalue weighted by molar-refractivity contribution is 7.99. The number of halogens is 1. The van der Waals surface area contributed by atoms with Gasteiger partial charge < -0.3 is 19.8 Å². The molecule has 1 aliphatic heterocycles. The highest BCUT2D eigenvalue weighted by atomic mass is 32.2. The van der Waals surface area contributed by atoms with Crippen LogP contribution in [-0.4, -0.2) is 49.6 Å². The van der Waals surface area contributed by atoms with Crippen molar-refractivity contribution < 1.29 is 18.7 Å². The van der Waals surface area contributed by atoms with E-state index in [1.165, 1.54) is 18.2 Å². The Morgan fingerprint density at radius 1 is 1.03 bits per heavy atom. The number of carbonyl (C=O) groups is 1. The maximum atomic E-state index is 13.5. The Bertz CT molecular complexity index is 1500. The average molecular weight is 511 g/mol. The number of anilines is 1. The van der Waals surface area contributed by atoms with Crippen LogP contribution in [0, 0.1) is 5.82 Å². The van der Waals surface area contributed by atoms with Crippen molar-refractivity contribution in [2.75, 3.05) is 24.3 Å². The molecular weight excluding hydrogens is 491 g/mol. The van der Waals surface area contributed by atoms with Crippen molar-refractivity contribution in [3.63, 3.8) is 0 Å². The van der Waals surface area contributed by atoms with Crippen LogP contribution >= 0.6 is 11.8 Å². The SMILES string of the molecule is O=C(CSc1nnc(Cc2cc(=O)[nH]c(=O)[nH]2)n1-c1ccc(F)cc1)Nc1ccc2c(c1)OCCO2. The van der Waals surface area contributed by atoms with Crippen LogP contribution in [0.25, 0.3) is 5.69 Å². The molecule has 0 aliphatic carbocycles. The molecule has 0 atom stereocenters. The van der Waals surface area contributed by atoms with Crippen molar-refractivity contribution in [2.24, 2.45) is 0 Å². The van der Waals surface area contributed by atoms with Gasteiger partial charge in [-0.3, -0.25) is 19.1 Å². The second kappa shape index (κ2) is 10.1. The minimum Gasteiger partial charge on any atom is -0.486 e. The first kappa shape index (κ1) is 23.4. The van der Waals surface area contributed by atoms with Crippen LogP contribution in [0.4, 0.5) is 10.1 Å². The Morgan fingerprint density at radius 2 is 1.81 bits per heavy atom. The van der Waals surface area contributed by atoms with Gasteiger partial charge in [-0.05, 0) is 36.4 Å². The van der Waals surface area contributed by atoms with Gasteiger partial charge >= 0.3 is 5.69 Å². The molecule has 0 saturated carbocycles. The number of H-pyrrole nitrogens is 2. The molecule has 0 spiro atoms. The van der Waals surface area contributed by atoms with Crippen molar-refractivity contribution >= 4 is 23.4 Å². The number of aromatic amines is 2. The molecule has 0 bridgehead atoms. The number of carbonyl (C=O) groups excluding carboxylic acids is 1. The van der Waals surface area contributed by atoms with Gasteiger partial charge in [0.2, 0.25) is 5.91 Å². The van der Waals surface area contributed by atoms with Crippen LogP contribution in [0.5, 0.6) is 11.5 Å². The maximum Gasteiger partial charge on any atom is 0.325 e. The predicted octanol–water partition coefficient (Wildman–Crippen LogP) is 1.88. The molecule has 1 aliphatic rings. The van der Waals surface area contributed by atoms with E-state index in [1.54, 1.807) is 34.9 Å². The van der Waals surface area contributed by atoms with E-state index in [9.17, 15) is 18.8 Å². The summed E-state index contributed by atoms with van der Waals surface area (Å²) >= 11 is 1.13. The van der Waals surface area contributed by atoms with Crippen molar-refractivity contribution in [2.45, 2.75) is 11.6 Å². The maximum absolute atomic E-state index is 13.5. The van der Waals surface area contributed by atoms with E-state index in [2.05, 4.69) is 25.5 Å². The van der Waals surface area contributed by atoms with Gasteiger partial charge in [0, 0.05) is 35.6 Å². The number of nitrogens with zero attached hydrogens (tertiary/aromatic N) is 3. The van der Waals surface area contributed by atoms with E-state index in [1.807, 2.05) is 0 Å². The molecule has 2 aromatic heterocycles. The summed E-state index contributed by atoms with van der Waals surface area (Å²) in [5, 5.41) is 11.5. The largest absolute Gasteiger partial charge is 0.486 e. The lowest BCUT2D eigenvalue weighted by molar-refractivity contribution is -0.113. The van der Waals surface area contributed by atoms with Crippen LogP contribution in [0.2, 0.25) is 0 Å². The first-order chi connectivity index (χ1) is 17.4. The van der Waals surface area contributed by atoms with Gasteiger partial charge in [0.15, 0.2) is 16.7 Å². The number of nitrogens with one attached hydrogen (secondary N) is 3. The van der Waals surface area contributed by atoms with Gasteiger partial charge in [0.25, 0.3) is 5.56 Å². The number of fused-ring (bicyclic) bond motifs is 1. The number of amides is 1. The van der Waals surface area contributed by atoms with Crippen LogP contribution in [0.1, 0.15) is 11.5 Å². The van der Waals surface area contributed by atoms with E-state index in [0.29, 0.717) is 52.8 Å². The number of thioether (sulfide) groups is 1. The Hall–Kier alpha value is -4.39. The lowest BCUT2D eigenvalue weighted by Gasteiger charge is -2.19. The molecular formula is C23H19FN6O5S. The molecule has 2 aromatic carbocycles. The third kappa shape index (κ3) is 5.30. The van der Waals surface area contributed by atoms with Crippen molar-refractivity contribution in [1.82, 2.24) is 24.7 Å². The summed E-state index contributed by atoms with van der Waals surface area (Å²) in [5.41, 5.74) is 0.248. The lowest BCUT2D eigenvalue weighted by Crippen LogP contribution is -2.23. The summed E-state index contributed by atoms with van der Waals surface area (Å²) in [6.07, 6.45) is 0.0769. The topological polar surface area (TPSA) is 144 Å². The molecule has 13 heteroatoms. The Morgan fingerprint density at radius 3 is 2.58 bits per heavy atom. The third-order valence-corrected chi connectivity index (χ3v) is 6.04. The van der Waals surface area contributed by atoms with Gasteiger partial charge in [-0.25, -0.2) is 9.18 Å². The van der Waals surface area contributed by atoms with Gasteiger partial charge in [-0.2, -0.15) is 0 Å². The quantitative estimate of drug-likeness (QED) is 0.320. The highest BCUT2D eigenvalue weighted by Crippen LogP contribution is 2.32. The molecule has 0 saturated heterocycles. The van der Waals surface area contributed by atoms with E-state index in [-0.39, 0.29) is 18.1 Å². The predicted molar refractivity (Wildman–Crippen MR) is 129 cm³/mol. The standard InChI is InChI=1S/C23H19FN6O5S/c24-13-1-4-16(5-2-13)30-19(10-15-11-20(31)27-22(33)26-15)28-29-23(30)36-12-21(32)25-14-3-6-17-18(9-14)35-8-7-34-17/h1-6,9,11H,7-8,10,12H2,(H,25,32)(H2,26,27,31,33). The van der Waals surface area contributed by atoms with Crippen LogP contribution in [0.15, 0.2) is 63.3 Å². The molecule has 0 radical (unpaired) electrons. The Labute approximate surface area is 206 Å². The zero-order valence-corrected chi connectivity index (χ0v) is 19.4. The fourth-order valence-electron chi connectivity index (χ4n) is 3.59. The third-order valence-electron chi connectivity index (χ3n) is 5.11. The highest BCUT2D eigenvalue weighted by Gasteiger charge is 2.18. The second-order valence-electron chi connectivity index (χ2n) is 7.70. The molecule has 11 nitrogen and oxygen atoms in total. The Kier molecular flexibility index (Phi) is 6.54. The Balaban J connectivity index is 1.35. The second-order valence-corrected chi connectivity index (χ2v) is 8.64. The number of hydrogen-bond donors (Lipinski definition) is 3. The molecule has 0 fully saturated rings. The minimum absolute atomic E-state index is 0.00953. The summed E-state index contributed by atoms with van der Waals surface area (Å²) in [6, 6.07) is 12.1. The monoisotopic (exact) mass is 510 g/mol. The summed E-state index contributed by atoms with van der Waals surface area (Å²) in [5.74, 6) is 0.875. The number of benzene rings is 2. The first-order valence-corrected chi connectivity index (χ1v) is 11.8. The summed E-state index contributed by atoms with van der Waals surface area (Å²) < 4.78 is 26.2. The average Bonchev–Trinajstić information content (AvgIpc) is 3.24. The molecule has 0 unspecified atom stereocenters. The van der Waals surface area contributed by atoms with E-state index in [0.717, 1.165) is 11.8 Å². The number of ether oxygens (including phenoxy) is 2. The van der Waals surface area contributed by atoms with Crippen molar-refractivity contribution in [3.8, 4) is 17.2 Å². The minimum atomic E-state index is -0.643. The molecule has 3 N–H and O–H groups in total. The van der Waals surface area contributed by atoms with Gasteiger partial charge in [0.05, 0.1) is 5.75 Å². The molecule has 184 valence electrons. The fraction of sp³-hybridized carbons (Fsp3) is 0.174.